The maximum absolute atomic E-state index is 13.3. The molecule has 4 nitrogen and oxygen atoms in total. The second kappa shape index (κ2) is 5.29. The van der Waals surface area contributed by atoms with E-state index in [0.717, 1.165) is 10.0 Å². The molecule has 2 aromatic carbocycles. The van der Waals surface area contributed by atoms with Crippen LogP contribution in [0, 0.1) is 12.7 Å². The first-order valence-electron chi connectivity index (χ1n) is 6.22. The zero-order valence-corrected chi connectivity index (χ0v) is 12.6. The van der Waals surface area contributed by atoms with Gasteiger partial charge in [-0.2, -0.15) is 5.11 Å². The van der Waals surface area contributed by atoms with Crippen molar-refractivity contribution in [1.29, 1.82) is 0 Å². The van der Waals surface area contributed by atoms with Crippen LogP contribution in [-0.4, -0.2) is 10.1 Å². The van der Waals surface area contributed by atoms with E-state index >= 15 is 0 Å². The number of hydrogen-bond donors (Lipinski definition) is 2. The molecule has 0 aliphatic carbocycles. The van der Waals surface area contributed by atoms with Gasteiger partial charge in [0, 0.05) is 9.86 Å². The van der Waals surface area contributed by atoms with E-state index in [1.54, 1.807) is 12.1 Å². The molecule has 0 atom stereocenters. The van der Waals surface area contributed by atoms with Crippen molar-refractivity contribution in [3.63, 3.8) is 0 Å². The molecular formula is C15H11BrFN3O. The maximum atomic E-state index is 13.3. The van der Waals surface area contributed by atoms with Gasteiger partial charge in [-0.05, 0) is 48.9 Å². The lowest BCUT2D eigenvalue weighted by atomic mass is 10.2. The zero-order chi connectivity index (χ0) is 15.0. The minimum absolute atomic E-state index is 0.131. The topological polar surface area (TPSA) is 60.7 Å². The molecule has 0 aliphatic heterocycles. The molecule has 106 valence electrons. The molecule has 6 heteroatoms. The van der Waals surface area contributed by atoms with Crippen LogP contribution in [0.3, 0.4) is 0 Å². The molecule has 0 saturated carbocycles. The van der Waals surface area contributed by atoms with Gasteiger partial charge in [-0.1, -0.05) is 15.9 Å². The Morgan fingerprint density at radius 2 is 1.95 bits per heavy atom. The molecule has 0 spiro atoms. The highest BCUT2D eigenvalue weighted by atomic mass is 79.9. The monoisotopic (exact) mass is 347 g/mol. The summed E-state index contributed by atoms with van der Waals surface area (Å²) in [7, 11) is 0. The van der Waals surface area contributed by atoms with Gasteiger partial charge in [0.25, 0.3) is 0 Å². The van der Waals surface area contributed by atoms with E-state index in [4.69, 9.17) is 0 Å². The molecule has 3 rings (SSSR count). The van der Waals surface area contributed by atoms with Gasteiger partial charge in [0.1, 0.15) is 5.82 Å². The lowest BCUT2D eigenvalue weighted by molar-refractivity contribution is 0.459. The van der Waals surface area contributed by atoms with Crippen molar-refractivity contribution in [2.45, 2.75) is 6.92 Å². The summed E-state index contributed by atoms with van der Waals surface area (Å²) < 4.78 is 14.3. The Hall–Kier alpha value is -2.21. The van der Waals surface area contributed by atoms with Gasteiger partial charge in [0.15, 0.2) is 5.69 Å². The first kappa shape index (κ1) is 13.8. The van der Waals surface area contributed by atoms with E-state index in [9.17, 15) is 9.50 Å². The molecule has 2 N–H and O–H groups in total. The van der Waals surface area contributed by atoms with Crippen LogP contribution in [0.15, 0.2) is 51.1 Å². The van der Waals surface area contributed by atoms with Gasteiger partial charge < -0.3 is 10.1 Å². The summed E-state index contributed by atoms with van der Waals surface area (Å²) in [6.45, 7) is 1.95. The number of azo groups is 1. The number of nitrogens with zero attached hydrogens (tertiary/aromatic N) is 2. The standard InChI is InChI=1S/C15H11BrFN3O/c1-8-6-10(3-4-12(8)16)19-20-14-11-7-9(17)2-5-13(11)18-15(14)21/h2-7,18,21H,1H3. The third kappa shape index (κ3) is 2.67. The second-order valence-electron chi connectivity index (χ2n) is 4.65. The SMILES string of the molecule is Cc1cc(N=Nc2c(O)[nH]c3ccc(F)cc23)ccc1Br. The van der Waals surface area contributed by atoms with Crippen molar-refractivity contribution in [3.05, 3.63) is 52.3 Å². The number of aromatic amines is 1. The molecular weight excluding hydrogens is 337 g/mol. The van der Waals surface area contributed by atoms with Gasteiger partial charge in [-0.15, -0.1) is 5.11 Å². The fourth-order valence-electron chi connectivity index (χ4n) is 2.04. The molecule has 0 radical (unpaired) electrons. The van der Waals surface area contributed by atoms with Crippen LogP contribution in [0.25, 0.3) is 10.9 Å². The molecule has 0 saturated heterocycles. The van der Waals surface area contributed by atoms with Gasteiger partial charge in [0.05, 0.1) is 11.2 Å². The Kier molecular flexibility index (Phi) is 3.47. The third-order valence-corrected chi connectivity index (χ3v) is 4.01. The minimum atomic E-state index is -0.391. The summed E-state index contributed by atoms with van der Waals surface area (Å²) in [5.74, 6) is -0.523. The zero-order valence-electron chi connectivity index (χ0n) is 11.1. The van der Waals surface area contributed by atoms with E-state index in [-0.39, 0.29) is 11.6 Å². The van der Waals surface area contributed by atoms with E-state index in [2.05, 4.69) is 31.1 Å². The summed E-state index contributed by atoms with van der Waals surface area (Å²) in [6, 6.07) is 9.71. The second-order valence-corrected chi connectivity index (χ2v) is 5.50. The van der Waals surface area contributed by atoms with Crippen molar-refractivity contribution < 1.29 is 9.50 Å². The summed E-state index contributed by atoms with van der Waals surface area (Å²) in [6.07, 6.45) is 0. The molecule has 1 heterocycles. The first-order chi connectivity index (χ1) is 10.0. The van der Waals surface area contributed by atoms with Crippen LogP contribution >= 0.6 is 15.9 Å². The van der Waals surface area contributed by atoms with Gasteiger partial charge >= 0.3 is 0 Å². The van der Waals surface area contributed by atoms with Crippen LogP contribution in [0.2, 0.25) is 0 Å². The van der Waals surface area contributed by atoms with Crippen molar-refractivity contribution in [2.75, 3.05) is 0 Å². The smallest absolute Gasteiger partial charge is 0.218 e. The predicted molar refractivity (Wildman–Crippen MR) is 83.0 cm³/mol. The Labute approximate surface area is 128 Å². The number of nitrogens with one attached hydrogen (secondary N) is 1. The number of hydrogen-bond acceptors (Lipinski definition) is 3. The lowest BCUT2D eigenvalue weighted by Gasteiger charge is -1.98. The molecule has 0 bridgehead atoms. The number of halogens is 2. The summed E-state index contributed by atoms with van der Waals surface area (Å²) in [4.78, 5) is 2.74. The van der Waals surface area contributed by atoms with Crippen molar-refractivity contribution >= 4 is 38.2 Å². The van der Waals surface area contributed by atoms with Crippen LogP contribution in [-0.2, 0) is 0 Å². The fourth-order valence-corrected chi connectivity index (χ4v) is 2.28. The molecule has 0 amide bonds. The summed E-state index contributed by atoms with van der Waals surface area (Å²) in [5.41, 5.74) is 2.52. The van der Waals surface area contributed by atoms with E-state index in [0.29, 0.717) is 16.6 Å². The number of aromatic hydroxyl groups is 1. The highest BCUT2D eigenvalue weighted by Gasteiger charge is 2.11. The highest BCUT2D eigenvalue weighted by Crippen LogP contribution is 2.36. The average Bonchev–Trinajstić information content (AvgIpc) is 2.75. The Morgan fingerprint density at radius 3 is 2.71 bits per heavy atom. The Balaban J connectivity index is 2.04. The maximum Gasteiger partial charge on any atom is 0.218 e. The number of aryl methyl sites for hydroxylation is 1. The fraction of sp³-hybridized carbons (Fsp3) is 0.0667. The normalized spacial score (nSPS) is 11.6. The molecule has 0 unspecified atom stereocenters. The molecule has 0 aliphatic rings. The van der Waals surface area contributed by atoms with Gasteiger partial charge in [-0.3, -0.25) is 0 Å². The third-order valence-electron chi connectivity index (χ3n) is 3.12. The Morgan fingerprint density at radius 1 is 1.14 bits per heavy atom. The van der Waals surface area contributed by atoms with Crippen LogP contribution < -0.4 is 0 Å². The number of aromatic nitrogens is 1. The molecule has 1 aromatic heterocycles. The number of fused-ring (bicyclic) bond motifs is 1. The molecule has 21 heavy (non-hydrogen) atoms. The molecule has 0 fully saturated rings. The number of H-pyrrole nitrogens is 1. The van der Waals surface area contributed by atoms with Crippen molar-refractivity contribution in [2.24, 2.45) is 10.2 Å². The van der Waals surface area contributed by atoms with Gasteiger partial charge in [-0.25, -0.2) is 4.39 Å². The lowest BCUT2D eigenvalue weighted by Crippen LogP contribution is -1.73. The van der Waals surface area contributed by atoms with Crippen LogP contribution in [0.5, 0.6) is 5.88 Å². The number of rotatable bonds is 2. The summed E-state index contributed by atoms with van der Waals surface area (Å²) >= 11 is 3.41. The quantitative estimate of drug-likeness (QED) is 0.590. The average molecular weight is 348 g/mol. The largest absolute Gasteiger partial charge is 0.493 e. The number of benzene rings is 2. The Bertz CT molecular complexity index is 857. The summed E-state index contributed by atoms with van der Waals surface area (Å²) in [5, 5.41) is 18.5. The molecule has 3 aromatic rings. The predicted octanol–water partition coefficient (Wildman–Crippen LogP) is 5.50. The van der Waals surface area contributed by atoms with E-state index in [1.807, 2.05) is 19.1 Å². The van der Waals surface area contributed by atoms with Crippen LogP contribution in [0.4, 0.5) is 15.8 Å². The van der Waals surface area contributed by atoms with Crippen LogP contribution in [0.1, 0.15) is 5.56 Å². The van der Waals surface area contributed by atoms with Crippen molar-refractivity contribution in [1.82, 2.24) is 4.98 Å². The highest BCUT2D eigenvalue weighted by molar-refractivity contribution is 9.10. The minimum Gasteiger partial charge on any atom is -0.493 e. The van der Waals surface area contributed by atoms with E-state index in [1.165, 1.54) is 12.1 Å². The van der Waals surface area contributed by atoms with Gasteiger partial charge in [0.2, 0.25) is 5.88 Å². The first-order valence-corrected chi connectivity index (χ1v) is 7.02. The van der Waals surface area contributed by atoms with E-state index < -0.39 is 5.82 Å². The van der Waals surface area contributed by atoms with Crippen molar-refractivity contribution in [3.8, 4) is 5.88 Å².